The normalized spacial score (nSPS) is 11.1. The van der Waals surface area contributed by atoms with Crippen LogP contribution in [0.3, 0.4) is 0 Å². The highest BCUT2D eigenvalue weighted by Crippen LogP contribution is 2.21. The van der Waals surface area contributed by atoms with E-state index < -0.39 is 12.6 Å². The number of hydrogen-bond donors (Lipinski definition) is 1. The van der Waals surface area contributed by atoms with E-state index >= 15 is 0 Å². The van der Waals surface area contributed by atoms with Crippen LogP contribution in [-0.2, 0) is 0 Å². The molecule has 0 bridgehead atoms. The Bertz CT molecular complexity index is 437. The average Bonchev–Trinajstić information content (AvgIpc) is 2.26. The van der Waals surface area contributed by atoms with Gasteiger partial charge in [0.05, 0.1) is 0 Å². The number of nitriles is 1. The molecule has 1 aromatic rings. The Balaban J connectivity index is 2.36. The van der Waals surface area contributed by atoms with Gasteiger partial charge < -0.3 is 5.32 Å². The zero-order valence-corrected chi connectivity index (χ0v) is 9.88. The van der Waals surface area contributed by atoms with Crippen LogP contribution in [0.5, 0.6) is 0 Å². The second-order valence-corrected chi connectivity index (χ2v) is 3.83. The lowest BCUT2D eigenvalue weighted by atomic mass is 10.2. The minimum atomic E-state index is -4.10. The molecule has 0 radical (unpaired) electrons. The highest BCUT2D eigenvalue weighted by molar-refractivity contribution is 5.32. The van der Waals surface area contributed by atoms with Crippen molar-refractivity contribution in [2.24, 2.45) is 0 Å². The molecule has 0 spiro atoms. The third-order valence-corrected chi connectivity index (χ3v) is 2.14. The minimum absolute atomic E-state index is 0.0629. The fourth-order valence-electron chi connectivity index (χ4n) is 1.36. The number of alkyl halides is 3. The van der Waals surface area contributed by atoms with E-state index in [0.29, 0.717) is 18.7 Å². The van der Waals surface area contributed by atoms with E-state index in [1.807, 2.05) is 6.07 Å². The Kier molecular flexibility index (Phi) is 4.89. The largest absolute Gasteiger partial charge is 0.389 e. The third-order valence-electron chi connectivity index (χ3n) is 2.14. The summed E-state index contributed by atoms with van der Waals surface area (Å²) in [5.74, 6) is 0.276. The quantitative estimate of drug-likeness (QED) is 0.825. The van der Waals surface area contributed by atoms with Crippen molar-refractivity contribution in [3.05, 3.63) is 17.5 Å². The second-order valence-electron chi connectivity index (χ2n) is 3.83. The van der Waals surface area contributed by atoms with Gasteiger partial charge in [0, 0.05) is 18.7 Å². The summed E-state index contributed by atoms with van der Waals surface area (Å²) in [5, 5.41) is 11.5. The van der Waals surface area contributed by atoms with Crippen molar-refractivity contribution < 1.29 is 13.2 Å². The lowest BCUT2D eigenvalue weighted by Crippen LogP contribution is -2.10. The van der Waals surface area contributed by atoms with E-state index in [4.69, 9.17) is 5.26 Å². The maximum absolute atomic E-state index is 11.9. The van der Waals surface area contributed by atoms with E-state index in [-0.39, 0.29) is 18.1 Å². The van der Waals surface area contributed by atoms with E-state index in [1.54, 1.807) is 6.92 Å². The van der Waals surface area contributed by atoms with E-state index in [2.05, 4.69) is 15.3 Å². The van der Waals surface area contributed by atoms with Gasteiger partial charge in [0.2, 0.25) is 5.95 Å². The van der Waals surface area contributed by atoms with Gasteiger partial charge in [0.25, 0.3) is 0 Å². The average molecular weight is 258 g/mol. The molecule has 0 aliphatic rings. The smallest absolute Gasteiger partial charge is 0.354 e. The molecule has 0 saturated carbocycles. The molecule has 1 N–H and O–H groups in total. The Morgan fingerprint density at radius 1 is 1.33 bits per heavy atom. The van der Waals surface area contributed by atoms with Crippen LogP contribution < -0.4 is 5.32 Å². The molecule has 98 valence electrons. The summed E-state index contributed by atoms with van der Waals surface area (Å²) in [6.45, 7) is 2.07. The van der Waals surface area contributed by atoms with Gasteiger partial charge in [-0.15, -0.1) is 0 Å². The summed E-state index contributed by atoms with van der Waals surface area (Å²) in [7, 11) is 0. The van der Waals surface area contributed by atoms with Crippen LogP contribution in [0.2, 0.25) is 0 Å². The zero-order valence-electron chi connectivity index (χ0n) is 9.88. The van der Waals surface area contributed by atoms with Crippen molar-refractivity contribution in [2.75, 3.05) is 11.9 Å². The third kappa shape index (κ3) is 5.48. The Labute approximate surface area is 103 Å². The molecule has 0 amide bonds. The van der Waals surface area contributed by atoms with Gasteiger partial charge in [-0.25, -0.2) is 9.97 Å². The summed E-state index contributed by atoms with van der Waals surface area (Å²) < 4.78 is 35.6. The first-order valence-electron chi connectivity index (χ1n) is 5.47. The molecule has 18 heavy (non-hydrogen) atoms. The lowest BCUT2D eigenvalue weighted by Gasteiger charge is -2.07. The molecule has 0 aliphatic carbocycles. The number of nitrogens with one attached hydrogen (secondary N) is 1. The van der Waals surface area contributed by atoms with Gasteiger partial charge in [-0.3, -0.25) is 0 Å². The number of aromatic nitrogens is 2. The van der Waals surface area contributed by atoms with Gasteiger partial charge >= 0.3 is 6.18 Å². The van der Waals surface area contributed by atoms with E-state index in [1.165, 1.54) is 6.07 Å². The maximum atomic E-state index is 11.9. The van der Waals surface area contributed by atoms with Crippen molar-refractivity contribution >= 4 is 5.95 Å². The van der Waals surface area contributed by atoms with Crippen molar-refractivity contribution in [1.29, 1.82) is 5.26 Å². The summed E-state index contributed by atoms with van der Waals surface area (Å²) >= 11 is 0. The summed E-state index contributed by atoms with van der Waals surface area (Å²) in [4.78, 5) is 7.93. The monoisotopic (exact) mass is 258 g/mol. The van der Waals surface area contributed by atoms with Crippen molar-refractivity contribution in [3.8, 4) is 6.07 Å². The molecular weight excluding hydrogens is 245 g/mol. The number of halogens is 3. The van der Waals surface area contributed by atoms with Crippen molar-refractivity contribution in [3.63, 3.8) is 0 Å². The Hall–Kier alpha value is -1.84. The Morgan fingerprint density at radius 3 is 2.67 bits per heavy atom. The molecule has 4 nitrogen and oxygen atoms in total. The number of rotatable bonds is 5. The molecule has 1 heterocycles. The summed E-state index contributed by atoms with van der Waals surface area (Å²) in [5.41, 5.74) is 0.875. The van der Waals surface area contributed by atoms with Crippen LogP contribution in [0.15, 0.2) is 6.07 Å². The minimum Gasteiger partial charge on any atom is -0.354 e. The number of aryl methyl sites for hydroxylation is 1. The number of anilines is 1. The predicted octanol–water partition coefficient (Wildman–Crippen LogP) is 2.80. The van der Waals surface area contributed by atoms with E-state index in [9.17, 15) is 13.2 Å². The lowest BCUT2D eigenvalue weighted by molar-refractivity contribution is -0.135. The SMILES string of the molecule is Cc1cc(C#N)nc(NCCCCC(F)(F)F)n1. The molecule has 0 atom stereocenters. The van der Waals surface area contributed by atoms with E-state index in [0.717, 1.165) is 0 Å². The maximum Gasteiger partial charge on any atom is 0.389 e. The van der Waals surface area contributed by atoms with Crippen LogP contribution in [0.25, 0.3) is 0 Å². The van der Waals surface area contributed by atoms with Gasteiger partial charge in [0.15, 0.2) is 0 Å². The molecule has 0 fully saturated rings. The van der Waals surface area contributed by atoms with Crippen molar-refractivity contribution in [1.82, 2.24) is 9.97 Å². The number of hydrogen-bond acceptors (Lipinski definition) is 4. The number of unbranched alkanes of at least 4 members (excludes halogenated alkanes) is 1. The molecule has 0 aromatic carbocycles. The predicted molar refractivity (Wildman–Crippen MR) is 59.9 cm³/mol. The topological polar surface area (TPSA) is 61.6 Å². The summed E-state index contributed by atoms with van der Waals surface area (Å²) in [6.07, 6.45) is -4.45. The van der Waals surface area contributed by atoms with Crippen LogP contribution in [-0.4, -0.2) is 22.7 Å². The Morgan fingerprint density at radius 2 is 2.06 bits per heavy atom. The summed E-state index contributed by atoms with van der Waals surface area (Å²) in [6, 6.07) is 3.43. The molecule has 0 unspecified atom stereocenters. The second kappa shape index (κ2) is 6.19. The fourth-order valence-corrected chi connectivity index (χ4v) is 1.36. The molecular formula is C11H13F3N4. The highest BCUT2D eigenvalue weighted by atomic mass is 19.4. The molecule has 7 heteroatoms. The molecule has 0 saturated heterocycles. The first-order chi connectivity index (χ1) is 8.40. The van der Waals surface area contributed by atoms with Crippen LogP contribution in [0, 0.1) is 18.3 Å². The van der Waals surface area contributed by atoms with Gasteiger partial charge in [-0.1, -0.05) is 0 Å². The standard InChI is InChI=1S/C11H13F3N4/c1-8-6-9(7-15)18-10(17-8)16-5-3-2-4-11(12,13)14/h6H,2-5H2,1H3,(H,16,17,18). The van der Waals surface area contributed by atoms with Gasteiger partial charge in [-0.2, -0.15) is 18.4 Å². The molecule has 0 aliphatic heterocycles. The first-order valence-corrected chi connectivity index (χ1v) is 5.47. The fraction of sp³-hybridized carbons (Fsp3) is 0.545. The first kappa shape index (κ1) is 14.2. The number of nitrogens with zero attached hydrogens (tertiary/aromatic N) is 3. The van der Waals surface area contributed by atoms with Gasteiger partial charge in [0.1, 0.15) is 11.8 Å². The molecule has 1 rings (SSSR count). The van der Waals surface area contributed by atoms with Crippen molar-refractivity contribution in [2.45, 2.75) is 32.4 Å². The zero-order chi connectivity index (χ0) is 13.6. The van der Waals surface area contributed by atoms with Gasteiger partial charge in [-0.05, 0) is 25.8 Å². The van der Waals surface area contributed by atoms with Crippen LogP contribution in [0.4, 0.5) is 19.1 Å². The molecule has 1 aromatic heterocycles. The highest BCUT2D eigenvalue weighted by Gasteiger charge is 2.25. The van der Waals surface area contributed by atoms with Crippen LogP contribution >= 0.6 is 0 Å². The van der Waals surface area contributed by atoms with Crippen LogP contribution in [0.1, 0.15) is 30.7 Å².